The van der Waals surface area contributed by atoms with Crippen molar-refractivity contribution in [2.45, 2.75) is 13.0 Å². The highest BCUT2D eigenvalue weighted by Crippen LogP contribution is 2.24. The third-order valence-electron chi connectivity index (χ3n) is 3.72. The Morgan fingerprint density at radius 2 is 1.75 bits per heavy atom. The van der Waals surface area contributed by atoms with E-state index in [0.29, 0.717) is 5.76 Å². The van der Waals surface area contributed by atoms with Crippen molar-refractivity contribution in [3.63, 3.8) is 0 Å². The van der Waals surface area contributed by atoms with E-state index in [1.807, 2.05) is 54.6 Å². The van der Waals surface area contributed by atoms with E-state index in [9.17, 15) is 4.79 Å². The third-order valence-corrected chi connectivity index (χ3v) is 3.72. The highest BCUT2D eigenvalue weighted by Gasteiger charge is 2.19. The van der Waals surface area contributed by atoms with Crippen LogP contribution in [0.5, 0.6) is 5.75 Å². The molecule has 0 bridgehead atoms. The number of aromatic nitrogens is 1. The quantitative estimate of drug-likeness (QED) is 0.781. The van der Waals surface area contributed by atoms with E-state index < -0.39 is 0 Å². The van der Waals surface area contributed by atoms with Gasteiger partial charge in [-0.2, -0.15) is 0 Å². The summed E-state index contributed by atoms with van der Waals surface area (Å²) in [7, 11) is 1.62. The van der Waals surface area contributed by atoms with Crippen molar-refractivity contribution >= 4 is 5.91 Å². The van der Waals surface area contributed by atoms with Gasteiger partial charge in [-0.05, 0) is 30.2 Å². The summed E-state index contributed by atoms with van der Waals surface area (Å²) in [6.07, 6.45) is 0. The van der Waals surface area contributed by atoms with E-state index in [-0.39, 0.29) is 17.6 Å². The Bertz CT molecular complexity index is 810. The van der Waals surface area contributed by atoms with Gasteiger partial charge >= 0.3 is 0 Å². The van der Waals surface area contributed by atoms with Crippen molar-refractivity contribution in [1.29, 1.82) is 0 Å². The molecule has 1 heterocycles. The lowest BCUT2D eigenvalue weighted by Gasteiger charge is -2.19. The van der Waals surface area contributed by atoms with E-state index >= 15 is 0 Å². The van der Waals surface area contributed by atoms with Crippen LogP contribution >= 0.6 is 0 Å². The maximum atomic E-state index is 12.5. The molecule has 1 N–H and O–H groups in total. The van der Waals surface area contributed by atoms with Gasteiger partial charge in [0.05, 0.1) is 13.2 Å². The molecule has 1 amide bonds. The van der Waals surface area contributed by atoms with Crippen LogP contribution in [0.4, 0.5) is 0 Å². The molecule has 0 aliphatic carbocycles. The van der Waals surface area contributed by atoms with Crippen molar-refractivity contribution < 1.29 is 14.1 Å². The fraction of sp³-hybridized carbons (Fsp3) is 0.158. The van der Waals surface area contributed by atoms with Gasteiger partial charge < -0.3 is 14.6 Å². The lowest BCUT2D eigenvalue weighted by Crippen LogP contribution is -2.29. The van der Waals surface area contributed by atoms with Gasteiger partial charge in [-0.1, -0.05) is 47.6 Å². The zero-order chi connectivity index (χ0) is 16.9. The lowest BCUT2D eigenvalue weighted by molar-refractivity contribution is 0.0934. The first-order valence-corrected chi connectivity index (χ1v) is 7.60. The molecule has 1 atom stereocenters. The summed E-state index contributed by atoms with van der Waals surface area (Å²) in [4.78, 5) is 12.5. The fourth-order valence-corrected chi connectivity index (χ4v) is 2.48. The number of nitrogens with zero attached hydrogens (tertiary/aromatic N) is 1. The predicted molar refractivity (Wildman–Crippen MR) is 90.0 cm³/mol. The van der Waals surface area contributed by atoms with Crippen LogP contribution < -0.4 is 10.1 Å². The normalized spacial score (nSPS) is 11.8. The average Bonchev–Trinajstić information content (AvgIpc) is 3.07. The molecule has 24 heavy (non-hydrogen) atoms. The molecule has 0 aliphatic heterocycles. The second-order valence-corrected chi connectivity index (χ2v) is 5.41. The molecule has 1 aromatic heterocycles. The Morgan fingerprint density at radius 1 is 1.08 bits per heavy atom. The number of carbonyl (C=O) groups excluding carboxylic acids is 1. The minimum Gasteiger partial charge on any atom is -0.497 e. The third kappa shape index (κ3) is 3.46. The number of amides is 1. The van der Waals surface area contributed by atoms with Crippen LogP contribution in [0.25, 0.3) is 0 Å². The molecule has 0 saturated carbocycles. The number of hydrogen-bond donors (Lipinski definition) is 1. The van der Waals surface area contributed by atoms with Gasteiger partial charge in [0, 0.05) is 6.07 Å². The van der Waals surface area contributed by atoms with Crippen LogP contribution in [0.1, 0.15) is 33.4 Å². The van der Waals surface area contributed by atoms with Crippen LogP contribution in [-0.4, -0.2) is 18.2 Å². The van der Waals surface area contributed by atoms with Gasteiger partial charge in [-0.3, -0.25) is 4.79 Å². The number of rotatable bonds is 5. The first kappa shape index (κ1) is 15.8. The van der Waals surface area contributed by atoms with Crippen LogP contribution in [0.15, 0.2) is 65.2 Å². The smallest absolute Gasteiger partial charge is 0.274 e. The monoisotopic (exact) mass is 322 g/mol. The SMILES string of the molecule is COc1ccc([C@@H](NC(=O)c2cc(C)on2)c2ccccc2)cc1. The van der Waals surface area contributed by atoms with Gasteiger partial charge in [0.1, 0.15) is 11.5 Å². The molecule has 0 fully saturated rings. The molecule has 0 saturated heterocycles. The maximum absolute atomic E-state index is 12.5. The number of hydrogen-bond acceptors (Lipinski definition) is 4. The van der Waals surface area contributed by atoms with Gasteiger partial charge in [-0.15, -0.1) is 0 Å². The molecule has 122 valence electrons. The molecule has 3 rings (SSSR count). The Morgan fingerprint density at radius 3 is 2.33 bits per heavy atom. The van der Waals surface area contributed by atoms with Crippen molar-refractivity contribution in [2.24, 2.45) is 0 Å². The van der Waals surface area contributed by atoms with Crippen LogP contribution in [0.2, 0.25) is 0 Å². The highest BCUT2D eigenvalue weighted by molar-refractivity contribution is 5.92. The first-order chi connectivity index (χ1) is 11.7. The molecule has 0 radical (unpaired) electrons. The maximum Gasteiger partial charge on any atom is 0.274 e. The summed E-state index contributed by atoms with van der Waals surface area (Å²) in [6, 6.07) is 18.7. The van der Waals surface area contributed by atoms with Gasteiger partial charge in [0.2, 0.25) is 0 Å². The summed E-state index contributed by atoms with van der Waals surface area (Å²) in [6.45, 7) is 1.75. The van der Waals surface area contributed by atoms with Crippen LogP contribution in [0.3, 0.4) is 0 Å². The van der Waals surface area contributed by atoms with Crippen molar-refractivity contribution in [1.82, 2.24) is 10.5 Å². The average molecular weight is 322 g/mol. The minimum absolute atomic E-state index is 0.266. The number of ether oxygens (including phenoxy) is 1. The molecule has 5 heteroatoms. The molecule has 3 aromatic rings. The summed E-state index contributed by atoms with van der Waals surface area (Å²) in [5, 5.41) is 6.79. The summed E-state index contributed by atoms with van der Waals surface area (Å²) < 4.78 is 10.2. The van der Waals surface area contributed by atoms with Gasteiger partial charge in [0.15, 0.2) is 5.69 Å². The van der Waals surface area contributed by atoms with E-state index in [2.05, 4.69) is 10.5 Å². The predicted octanol–water partition coefficient (Wildman–Crippen LogP) is 3.51. The molecular formula is C19H18N2O3. The number of benzene rings is 2. The second-order valence-electron chi connectivity index (χ2n) is 5.41. The standard InChI is InChI=1S/C19H18N2O3/c1-13-12-17(21-24-13)19(22)20-18(14-6-4-3-5-7-14)15-8-10-16(23-2)11-9-15/h3-12,18H,1-2H3,(H,20,22)/t18-/m0/s1. The fourth-order valence-electron chi connectivity index (χ4n) is 2.48. The van der Waals surface area contributed by atoms with Crippen LogP contribution in [-0.2, 0) is 0 Å². The number of carbonyl (C=O) groups is 1. The molecule has 0 unspecified atom stereocenters. The zero-order valence-corrected chi connectivity index (χ0v) is 13.5. The van der Waals surface area contributed by atoms with E-state index in [1.54, 1.807) is 20.1 Å². The largest absolute Gasteiger partial charge is 0.497 e. The molecule has 0 aliphatic rings. The van der Waals surface area contributed by atoms with Gasteiger partial charge in [-0.25, -0.2) is 0 Å². The second kappa shape index (κ2) is 7.00. The first-order valence-electron chi connectivity index (χ1n) is 7.60. The Kier molecular flexibility index (Phi) is 4.61. The summed E-state index contributed by atoms with van der Waals surface area (Å²) in [5.41, 5.74) is 2.20. The van der Waals surface area contributed by atoms with Crippen LogP contribution in [0, 0.1) is 6.92 Å². The van der Waals surface area contributed by atoms with E-state index in [0.717, 1.165) is 16.9 Å². The Balaban J connectivity index is 1.91. The minimum atomic E-state index is -0.290. The zero-order valence-electron chi connectivity index (χ0n) is 13.5. The highest BCUT2D eigenvalue weighted by atomic mass is 16.5. The summed E-state index contributed by atoms with van der Waals surface area (Å²) in [5.74, 6) is 1.08. The molecular weight excluding hydrogens is 304 g/mol. The number of aryl methyl sites for hydroxylation is 1. The van der Waals surface area contributed by atoms with Gasteiger partial charge in [0.25, 0.3) is 5.91 Å². The molecule has 2 aromatic carbocycles. The molecule has 5 nitrogen and oxygen atoms in total. The Hall–Kier alpha value is -3.08. The number of methoxy groups -OCH3 is 1. The van der Waals surface area contributed by atoms with Crippen molar-refractivity contribution in [3.05, 3.63) is 83.2 Å². The number of nitrogens with one attached hydrogen (secondary N) is 1. The van der Waals surface area contributed by atoms with Crippen molar-refractivity contribution in [3.8, 4) is 5.75 Å². The lowest BCUT2D eigenvalue weighted by atomic mass is 9.98. The topological polar surface area (TPSA) is 64.4 Å². The molecule has 0 spiro atoms. The Labute approximate surface area is 140 Å². The van der Waals surface area contributed by atoms with Crippen molar-refractivity contribution in [2.75, 3.05) is 7.11 Å². The van der Waals surface area contributed by atoms with E-state index in [4.69, 9.17) is 9.26 Å². The summed E-state index contributed by atoms with van der Waals surface area (Å²) >= 11 is 0. The van der Waals surface area contributed by atoms with E-state index in [1.165, 1.54) is 0 Å².